The first-order valence-electron chi connectivity index (χ1n) is 5.72. The number of rotatable bonds is 2. The quantitative estimate of drug-likeness (QED) is 0.810. The molecule has 0 saturated carbocycles. The Kier molecular flexibility index (Phi) is 3.28. The van der Waals surface area contributed by atoms with Crippen LogP contribution in [0.15, 0.2) is 12.3 Å². The van der Waals surface area contributed by atoms with E-state index in [1.54, 1.807) is 12.3 Å². The summed E-state index contributed by atoms with van der Waals surface area (Å²) >= 11 is 0. The molecule has 1 aromatic heterocycles. The second kappa shape index (κ2) is 4.71. The molecule has 2 heterocycles. The highest BCUT2D eigenvalue weighted by Crippen LogP contribution is 2.21. The Bertz CT molecular complexity index is 434. The third-order valence-electron chi connectivity index (χ3n) is 3.05. The topological polar surface area (TPSA) is 77.2 Å². The number of ether oxygens (including phenoxy) is 1. The molecular weight excluding hydrogens is 218 g/mol. The van der Waals surface area contributed by atoms with E-state index in [-0.39, 0.29) is 17.9 Å². The molecule has 2 rings (SSSR count). The molecule has 1 aliphatic rings. The predicted octanol–water partition coefficient (Wildman–Crippen LogP) is 1.34. The maximum absolute atomic E-state index is 11.9. The Morgan fingerprint density at radius 3 is 3.00 bits per heavy atom. The van der Waals surface area contributed by atoms with E-state index in [4.69, 9.17) is 10.5 Å². The highest BCUT2D eigenvalue weighted by molar-refractivity contribution is 5.93. The molecule has 1 saturated heterocycles. The molecule has 1 fully saturated rings. The molecule has 0 bridgehead atoms. The number of pyridine rings is 1. The predicted molar refractivity (Wildman–Crippen MR) is 65.5 cm³/mol. The summed E-state index contributed by atoms with van der Waals surface area (Å²) in [5.41, 5.74) is 7.18. The standard InChI is InChI=1S/C12H17N3O2/c1-7-3-4-17-11(7)12(16)15-10-5-8(2)9(13)6-14-10/h5-7,11H,3-4,13H2,1-2H3,(H,14,15,16). The Balaban J connectivity index is 2.05. The van der Waals surface area contributed by atoms with Gasteiger partial charge in [-0.3, -0.25) is 4.79 Å². The molecule has 1 amide bonds. The molecule has 0 aromatic carbocycles. The van der Waals surface area contributed by atoms with Gasteiger partial charge < -0.3 is 15.8 Å². The van der Waals surface area contributed by atoms with Gasteiger partial charge in [-0.15, -0.1) is 0 Å². The van der Waals surface area contributed by atoms with Gasteiger partial charge in [0.05, 0.1) is 11.9 Å². The summed E-state index contributed by atoms with van der Waals surface area (Å²) < 4.78 is 5.39. The largest absolute Gasteiger partial charge is 0.397 e. The van der Waals surface area contributed by atoms with Crippen LogP contribution in [0.2, 0.25) is 0 Å². The molecule has 3 N–H and O–H groups in total. The molecule has 5 nitrogen and oxygen atoms in total. The van der Waals surface area contributed by atoms with Crippen LogP contribution in [0.3, 0.4) is 0 Å². The lowest BCUT2D eigenvalue weighted by Crippen LogP contribution is -2.31. The van der Waals surface area contributed by atoms with Gasteiger partial charge in [0.25, 0.3) is 5.91 Å². The van der Waals surface area contributed by atoms with E-state index < -0.39 is 0 Å². The van der Waals surface area contributed by atoms with Crippen molar-refractivity contribution in [3.63, 3.8) is 0 Å². The van der Waals surface area contributed by atoms with E-state index in [0.29, 0.717) is 18.1 Å². The zero-order valence-corrected chi connectivity index (χ0v) is 10.1. The van der Waals surface area contributed by atoms with Crippen molar-refractivity contribution in [3.05, 3.63) is 17.8 Å². The van der Waals surface area contributed by atoms with Crippen LogP contribution >= 0.6 is 0 Å². The third kappa shape index (κ3) is 2.55. The lowest BCUT2D eigenvalue weighted by molar-refractivity contribution is -0.126. The Hall–Kier alpha value is -1.62. The zero-order chi connectivity index (χ0) is 12.4. The molecule has 0 aliphatic carbocycles. The maximum Gasteiger partial charge on any atom is 0.254 e. The Morgan fingerprint density at radius 1 is 1.65 bits per heavy atom. The fourth-order valence-electron chi connectivity index (χ4n) is 1.86. The molecule has 92 valence electrons. The van der Waals surface area contributed by atoms with Crippen molar-refractivity contribution in [2.24, 2.45) is 5.92 Å². The first-order chi connectivity index (χ1) is 8.08. The highest BCUT2D eigenvalue weighted by Gasteiger charge is 2.30. The number of anilines is 2. The number of nitrogens with one attached hydrogen (secondary N) is 1. The summed E-state index contributed by atoms with van der Waals surface area (Å²) in [7, 11) is 0. The lowest BCUT2D eigenvalue weighted by Gasteiger charge is -2.14. The van der Waals surface area contributed by atoms with Crippen LogP contribution in [-0.4, -0.2) is 23.6 Å². The van der Waals surface area contributed by atoms with Crippen molar-refractivity contribution in [1.29, 1.82) is 0 Å². The third-order valence-corrected chi connectivity index (χ3v) is 3.05. The number of aromatic nitrogens is 1. The number of nitrogens with two attached hydrogens (primary N) is 1. The van der Waals surface area contributed by atoms with E-state index in [2.05, 4.69) is 10.3 Å². The summed E-state index contributed by atoms with van der Waals surface area (Å²) in [5.74, 6) is 0.640. The number of nitrogen functional groups attached to an aromatic ring is 1. The van der Waals surface area contributed by atoms with Crippen molar-refractivity contribution in [2.45, 2.75) is 26.4 Å². The number of amides is 1. The Labute approximate surface area is 100 Å². The van der Waals surface area contributed by atoms with Gasteiger partial charge in [0, 0.05) is 6.61 Å². The summed E-state index contributed by atoms with van der Waals surface area (Å²) in [6, 6.07) is 1.76. The number of nitrogens with zero attached hydrogens (tertiary/aromatic N) is 1. The number of hydrogen-bond donors (Lipinski definition) is 2. The van der Waals surface area contributed by atoms with Crippen LogP contribution in [0.5, 0.6) is 0 Å². The number of carbonyl (C=O) groups is 1. The number of aryl methyl sites for hydroxylation is 1. The van der Waals surface area contributed by atoms with Crippen molar-refractivity contribution >= 4 is 17.4 Å². The normalized spacial score (nSPS) is 23.6. The first kappa shape index (κ1) is 11.9. The number of carbonyl (C=O) groups excluding carboxylic acids is 1. The van der Waals surface area contributed by atoms with Gasteiger partial charge in [-0.05, 0) is 30.9 Å². The van der Waals surface area contributed by atoms with E-state index >= 15 is 0 Å². The fourth-order valence-corrected chi connectivity index (χ4v) is 1.86. The van der Waals surface area contributed by atoms with E-state index in [1.165, 1.54) is 0 Å². The molecule has 2 unspecified atom stereocenters. The molecule has 0 radical (unpaired) electrons. The summed E-state index contributed by atoms with van der Waals surface area (Å²) in [4.78, 5) is 16.0. The molecular formula is C12H17N3O2. The summed E-state index contributed by atoms with van der Waals surface area (Å²) in [6.45, 7) is 4.54. The fraction of sp³-hybridized carbons (Fsp3) is 0.500. The van der Waals surface area contributed by atoms with Crippen molar-refractivity contribution < 1.29 is 9.53 Å². The molecule has 0 spiro atoms. The zero-order valence-electron chi connectivity index (χ0n) is 10.1. The molecule has 5 heteroatoms. The van der Waals surface area contributed by atoms with Gasteiger partial charge in [-0.2, -0.15) is 0 Å². The molecule has 1 aromatic rings. The van der Waals surface area contributed by atoms with Gasteiger partial charge in [0.2, 0.25) is 0 Å². The minimum Gasteiger partial charge on any atom is -0.397 e. The Morgan fingerprint density at radius 2 is 2.41 bits per heavy atom. The average Bonchev–Trinajstić information content (AvgIpc) is 2.70. The summed E-state index contributed by atoms with van der Waals surface area (Å²) in [6.07, 6.45) is 2.10. The second-order valence-corrected chi connectivity index (χ2v) is 4.47. The molecule has 1 aliphatic heterocycles. The van der Waals surface area contributed by atoms with E-state index in [9.17, 15) is 4.79 Å². The van der Waals surface area contributed by atoms with E-state index in [0.717, 1.165) is 12.0 Å². The SMILES string of the molecule is Cc1cc(NC(=O)C2OCCC2C)ncc1N. The van der Waals surface area contributed by atoms with Gasteiger partial charge >= 0.3 is 0 Å². The van der Waals surface area contributed by atoms with Crippen LogP contribution in [0.1, 0.15) is 18.9 Å². The van der Waals surface area contributed by atoms with Gasteiger partial charge in [0.15, 0.2) is 0 Å². The molecule has 2 atom stereocenters. The van der Waals surface area contributed by atoms with Crippen molar-refractivity contribution in [2.75, 3.05) is 17.7 Å². The van der Waals surface area contributed by atoms with Crippen LogP contribution < -0.4 is 11.1 Å². The summed E-state index contributed by atoms with van der Waals surface area (Å²) in [5, 5.41) is 2.75. The van der Waals surface area contributed by atoms with Crippen LogP contribution in [0.4, 0.5) is 11.5 Å². The second-order valence-electron chi connectivity index (χ2n) is 4.47. The van der Waals surface area contributed by atoms with Crippen LogP contribution in [0.25, 0.3) is 0 Å². The van der Waals surface area contributed by atoms with Gasteiger partial charge in [-0.1, -0.05) is 6.92 Å². The van der Waals surface area contributed by atoms with Crippen molar-refractivity contribution in [1.82, 2.24) is 4.98 Å². The van der Waals surface area contributed by atoms with Crippen molar-refractivity contribution in [3.8, 4) is 0 Å². The van der Waals surface area contributed by atoms with E-state index in [1.807, 2.05) is 13.8 Å². The monoisotopic (exact) mass is 235 g/mol. The van der Waals surface area contributed by atoms with Crippen LogP contribution in [0, 0.1) is 12.8 Å². The average molecular weight is 235 g/mol. The van der Waals surface area contributed by atoms with Crippen LogP contribution in [-0.2, 0) is 9.53 Å². The smallest absolute Gasteiger partial charge is 0.254 e. The maximum atomic E-state index is 11.9. The lowest BCUT2D eigenvalue weighted by atomic mass is 10.0. The minimum atomic E-state index is -0.366. The first-order valence-corrected chi connectivity index (χ1v) is 5.72. The minimum absolute atomic E-state index is 0.133. The number of hydrogen-bond acceptors (Lipinski definition) is 4. The van der Waals surface area contributed by atoms with Gasteiger partial charge in [0.1, 0.15) is 11.9 Å². The molecule has 17 heavy (non-hydrogen) atoms. The van der Waals surface area contributed by atoms with Gasteiger partial charge in [-0.25, -0.2) is 4.98 Å². The highest BCUT2D eigenvalue weighted by atomic mass is 16.5.